The van der Waals surface area contributed by atoms with E-state index in [0.717, 1.165) is 42.8 Å². The fourth-order valence-corrected chi connectivity index (χ4v) is 3.96. The molecule has 0 unspecified atom stereocenters. The van der Waals surface area contributed by atoms with Crippen LogP contribution in [0.2, 0.25) is 0 Å². The Bertz CT molecular complexity index is 880. The van der Waals surface area contributed by atoms with Crippen molar-refractivity contribution in [2.45, 2.75) is 33.2 Å². The van der Waals surface area contributed by atoms with Gasteiger partial charge in [0.2, 0.25) is 0 Å². The van der Waals surface area contributed by atoms with Crippen molar-refractivity contribution in [3.8, 4) is 10.4 Å². The Morgan fingerprint density at radius 2 is 1.92 bits per heavy atom. The number of rotatable bonds is 7. The van der Waals surface area contributed by atoms with Crippen LogP contribution in [0.5, 0.6) is 0 Å². The number of hydrogen-bond acceptors (Lipinski definition) is 3. The Morgan fingerprint density at radius 3 is 2.68 bits per heavy atom. The van der Waals surface area contributed by atoms with Crippen LogP contribution in [-0.4, -0.2) is 11.5 Å². The maximum Gasteiger partial charge on any atom is 0.251 e. The molecule has 2 N–H and O–H groups in total. The SMILES string of the molecule is CCc1cc(-c2ccc(CCNCc3ccccc3)s2)c(C)[nH]c1=O. The summed E-state index contributed by atoms with van der Waals surface area (Å²) in [5, 5.41) is 3.50. The lowest BCUT2D eigenvalue weighted by atomic mass is 10.1. The highest BCUT2D eigenvalue weighted by Gasteiger charge is 2.09. The van der Waals surface area contributed by atoms with E-state index >= 15 is 0 Å². The molecule has 3 rings (SSSR count). The smallest absolute Gasteiger partial charge is 0.251 e. The topological polar surface area (TPSA) is 44.9 Å². The molecule has 0 saturated heterocycles. The van der Waals surface area contributed by atoms with Crippen LogP contribution >= 0.6 is 11.3 Å². The lowest BCUT2D eigenvalue weighted by molar-refractivity contribution is 0.691. The van der Waals surface area contributed by atoms with Gasteiger partial charge in [0.15, 0.2) is 0 Å². The molecular weight excluding hydrogens is 328 g/mol. The third-order valence-corrected chi connectivity index (χ3v) is 5.52. The Morgan fingerprint density at radius 1 is 1.12 bits per heavy atom. The molecule has 1 aromatic carbocycles. The average Bonchev–Trinajstić information content (AvgIpc) is 3.08. The Kier molecular flexibility index (Phi) is 5.84. The normalized spacial score (nSPS) is 11.0. The third kappa shape index (κ3) is 4.47. The molecule has 0 bridgehead atoms. The predicted molar refractivity (Wildman–Crippen MR) is 106 cm³/mol. The van der Waals surface area contributed by atoms with Crippen molar-refractivity contribution in [1.29, 1.82) is 0 Å². The fraction of sp³-hybridized carbons (Fsp3) is 0.286. The van der Waals surface area contributed by atoms with Gasteiger partial charge in [0, 0.05) is 39.7 Å². The standard InChI is InChI=1S/C21H24N2OS/c1-3-17-13-19(15(2)23-21(17)24)20-10-9-18(25-20)11-12-22-14-16-7-5-4-6-8-16/h4-10,13,22H,3,11-12,14H2,1-2H3,(H,23,24). The number of thiophene rings is 1. The summed E-state index contributed by atoms with van der Waals surface area (Å²) in [5.41, 5.74) is 4.28. The van der Waals surface area contributed by atoms with Crippen molar-refractivity contribution in [2.24, 2.45) is 0 Å². The van der Waals surface area contributed by atoms with Gasteiger partial charge in [-0.1, -0.05) is 37.3 Å². The molecular formula is C21H24N2OS. The van der Waals surface area contributed by atoms with Gasteiger partial charge in [-0.3, -0.25) is 4.79 Å². The minimum atomic E-state index is 0.0330. The molecule has 0 radical (unpaired) electrons. The maximum absolute atomic E-state index is 11.9. The summed E-state index contributed by atoms with van der Waals surface area (Å²) < 4.78 is 0. The quantitative estimate of drug-likeness (QED) is 0.623. The molecule has 0 fully saturated rings. The zero-order valence-electron chi connectivity index (χ0n) is 14.8. The molecule has 0 spiro atoms. The summed E-state index contributed by atoms with van der Waals surface area (Å²) in [6.45, 7) is 5.84. The van der Waals surface area contributed by atoms with E-state index < -0.39 is 0 Å². The average molecular weight is 353 g/mol. The van der Waals surface area contributed by atoms with Gasteiger partial charge in [-0.15, -0.1) is 11.3 Å². The number of nitrogens with one attached hydrogen (secondary N) is 2. The minimum Gasteiger partial charge on any atom is -0.326 e. The second-order valence-corrected chi connectivity index (χ2v) is 7.36. The summed E-state index contributed by atoms with van der Waals surface area (Å²) in [6, 6.07) is 16.9. The van der Waals surface area contributed by atoms with E-state index in [1.807, 2.05) is 37.3 Å². The monoisotopic (exact) mass is 352 g/mol. The zero-order valence-corrected chi connectivity index (χ0v) is 15.6. The van der Waals surface area contributed by atoms with Gasteiger partial charge in [0.25, 0.3) is 5.56 Å². The summed E-state index contributed by atoms with van der Waals surface area (Å²) in [7, 11) is 0. The highest BCUT2D eigenvalue weighted by Crippen LogP contribution is 2.30. The lowest BCUT2D eigenvalue weighted by Crippen LogP contribution is -2.16. The van der Waals surface area contributed by atoms with Crippen LogP contribution in [0.3, 0.4) is 0 Å². The van der Waals surface area contributed by atoms with Gasteiger partial charge in [-0.25, -0.2) is 0 Å². The second kappa shape index (κ2) is 8.28. The molecule has 3 aromatic rings. The summed E-state index contributed by atoms with van der Waals surface area (Å²) in [5.74, 6) is 0. The highest BCUT2D eigenvalue weighted by molar-refractivity contribution is 7.15. The van der Waals surface area contributed by atoms with E-state index in [0.29, 0.717) is 0 Å². The third-order valence-electron chi connectivity index (χ3n) is 4.34. The van der Waals surface area contributed by atoms with Gasteiger partial charge in [0.1, 0.15) is 0 Å². The lowest BCUT2D eigenvalue weighted by Gasteiger charge is -2.06. The Balaban J connectivity index is 1.62. The molecule has 130 valence electrons. The first-order valence-corrected chi connectivity index (χ1v) is 9.55. The number of aromatic nitrogens is 1. The van der Waals surface area contributed by atoms with E-state index in [1.54, 1.807) is 0 Å². The van der Waals surface area contributed by atoms with Crippen molar-refractivity contribution in [3.05, 3.63) is 80.6 Å². The first-order chi connectivity index (χ1) is 12.2. The zero-order chi connectivity index (χ0) is 17.6. The molecule has 4 heteroatoms. The summed E-state index contributed by atoms with van der Waals surface area (Å²) >= 11 is 1.81. The van der Waals surface area contributed by atoms with E-state index in [-0.39, 0.29) is 5.56 Å². The number of benzene rings is 1. The van der Waals surface area contributed by atoms with Crippen molar-refractivity contribution in [3.63, 3.8) is 0 Å². The highest BCUT2D eigenvalue weighted by atomic mass is 32.1. The van der Waals surface area contributed by atoms with Gasteiger partial charge in [0.05, 0.1) is 0 Å². The molecule has 0 aliphatic rings. The number of aryl methyl sites for hydroxylation is 2. The van der Waals surface area contributed by atoms with Crippen molar-refractivity contribution in [1.82, 2.24) is 10.3 Å². The van der Waals surface area contributed by atoms with Crippen LogP contribution in [-0.2, 0) is 19.4 Å². The first kappa shape index (κ1) is 17.6. The second-order valence-electron chi connectivity index (χ2n) is 6.19. The molecule has 0 amide bonds. The molecule has 0 atom stereocenters. The number of pyridine rings is 1. The molecule has 2 heterocycles. The Hall–Kier alpha value is -2.17. The molecule has 0 saturated carbocycles. The van der Waals surface area contributed by atoms with E-state index in [2.05, 4.69) is 46.7 Å². The molecule has 25 heavy (non-hydrogen) atoms. The minimum absolute atomic E-state index is 0.0330. The van der Waals surface area contributed by atoms with Gasteiger partial charge >= 0.3 is 0 Å². The van der Waals surface area contributed by atoms with Crippen LogP contribution in [0, 0.1) is 6.92 Å². The van der Waals surface area contributed by atoms with Crippen LogP contribution in [0.15, 0.2) is 53.3 Å². The predicted octanol–water partition coefficient (Wildman–Crippen LogP) is 4.31. The first-order valence-electron chi connectivity index (χ1n) is 8.74. The summed E-state index contributed by atoms with van der Waals surface area (Å²) in [4.78, 5) is 17.5. The van der Waals surface area contributed by atoms with Crippen molar-refractivity contribution >= 4 is 11.3 Å². The van der Waals surface area contributed by atoms with E-state index in [9.17, 15) is 4.79 Å². The van der Waals surface area contributed by atoms with Crippen molar-refractivity contribution in [2.75, 3.05) is 6.54 Å². The van der Waals surface area contributed by atoms with Crippen molar-refractivity contribution < 1.29 is 0 Å². The fourth-order valence-electron chi connectivity index (χ4n) is 2.88. The number of aromatic amines is 1. The molecule has 3 nitrogen and oxygen atoms in total. The maximum atomic E-state index is 11.9. The largest absolute Gasteiger partial charge is 0.326 e. The van der Waals surface area contributed by atoms with Crippen LogP contribution in [0.4, 0.5) is 0 Å². The molecule has 0 aliphatic heterocycles. The van der Waals surface area contributed by atoms with E-state index in [4.69, 9.17) is 0 Å². The van der Waals surface area contributed by atoms with Crippen LogP contribution in [0.25, 0.3) is 10.4 Å². The summed E-state index contributed by atoms with van der Waals surface area (Å²) in [6.07, 6.45) is 1.77. The van der Waals surface area contributed by atoms with Crippen LogP contribution < -0.4 is 10.9 Å². The molecule has 0 aliphatic carbocycles. The van der Waals surface area contributed by atoms with E-state index in [1.165, 1.54) is 15.3 Å². The van der Waals surface area contributed by atoms with Crippen LogP contribution in [0.1, 0.15) is 28.6 Å². The molecule has 2 aromatic heterocycles. The van der Waals surface area contributed by atoms with Gasteiger partial charge in [-0.2, -0.15) is 0 Å². The Labute approximate surface area is 152 Å². The number of hydrogen-bond donors (Lipinski definition) is 2. The number of H-pyrrole nitrogens is 1. The van der Waals surface area contributed by atoms with Gasteiger partial charge in [-0.05, 0) is 43.5 Å². The van der Waals surface area contributed by atoms with Gasteiger partial charge < -0.3 is 10.3 Å².